The normalized spacial score (nSPS) is 13.4. The number of nitrogens with two attached hydrogens (primary N) is 1. The van der Waals surface area contributed by atoms with Crippen molar-refractivity contribution < 1.29 is 0 Å². The number of nitrogens with one attached hydrogen (secondary N) is 1. The summed E-state index contributed by atoms with van der Waals surface area (Å²) in [6, 6.07) is 13.4. The van der Waals surface area contributed by atoms with E-state index in [1.54, 1.807) is 11.3 Å². The molecular formula is C17H24N2S. The minimum atomic E-state index is 0.189. The van der Waals surface area contributed by atoms with Crippen molar-refractivity contribution in [1.82, 2.24) is 5.43 Å². The molecule has 108 valence electrons. The molecule has 0 radical (unpaired) electrons. The van der Waals surface area contributed by atoms with Crippen LogP contribution in [0.2, 0.25) is 0 Å². The van der Waals surface area contributed by atoms with Gasteiger partial charge in [0.05, 0.1) is 6.04 Å². The fourth-order valence-corrected chi connectivity index (χ4v) is 3.20. The number of aryl methyl sites for hydroxylation is 1. The third kappa shape index (κ3) is 3.69. The van der Waals surface area contributed by atoms with Gasteiger partial charge in [0.1, 0.15) is 0 Å². The van der Waals surface area contributed by atoms with Gasteiger partial charge in [-0.05, 0) is 42.0 Å². The van der Waals surface area contributed by atoms with Crippen molar-refractivity contribution in [3.05, 3.63) is 57.3 Å². The lowest BCUT2D eigenvalue weighted by Gasteiger charge is -2.20. The van der Waals surface area contributed by atoms with Gasteiger partial charge in [0.15, 0.2) is 0 Å². The van der Waals surface area contributed by atoms with Crippen molar-refractivity contribution in [2.45, 2.75) is 45.6 Å². The maximum Gasteiger partial charge on any atom is 0.0593 e. The molecule has 0 fully saturated rings. The second-order valence-corrected chi connectivity index (χ2v) is 7.64. The van der Waals surface area contributed by atoms with Crippen molar-refractivity contribution in [3.8, 4) is 0 Å². The maximum atomic E-state index is 5.72. The summed E-state index contributed by atoms with van der Waals surface area (Å²) in [5.41, 5.74) is 5.82. The van der Waals surface area contributed by atoms with Crippen LogP contribution >= 0.6 is 11.3 Å². The van der Waals surface area contributed by atoms with Crippen molar-refractivity contribution in [1.29, 1.82) is 0 Å². The number of hydrogen-bond donors (Lipinski definition) is 2. The Labute approximate surface area is 126 Å². The van der Waals surface area contributed by atoms with Gasteiger partial charge in [0, 0.05) is 9.75 Å². The summed E-state index contributed by atoms with van der Waals surface area (Å²) in [4.78, 5) is 2.62. The van der Waals surface area contributed by atoms with E-state index in [1.807, 2.05) is 0 Å². The molecule has 0 bridgehead atoms. The summed E-state index contributed by atoms with van der Waals surface area (Å²) in [7, 11) is 0. The molecule has 0 amide bonds. The predicted molar refractivity (Wildman–Crippen MR) is 88.0 cm³/mol. The molecule has 2 rings (SSSR count). The largest absolute Gasteiger partial charge is 0.271 e. The number of hydrogen-bond acceptors (Lipinski definition) is 3. The van der Waals surface area contributed by atoms with Crippen LogP contribution in [0.4, 0.5) is 0 Å². The van der Waals surface area contributed by atoms with Gasteiger partial charge in [-0.2, -0.15) is 0 Å². The topological polar surface area (TPSA) is 38.0 Å². The van der Waals surface area contributed by atoms with Crippen molar-refractivity contribution >= 4 is 11.3 Å². The molecule has 3 heteroatoms. The van der Waals surface area contributed by atoms with Gasteiger partial charge < -0.3 is 0 Å². The van der Waals surface area contributed by atoms with Crippen molar-refractivity contribution in [2.24, 2.45) is 5.84 Å². The molecule has 1 atom stereocenters. The summed E-state index contributed by atoms with van der Waals surface area (Å²) >= 11 is 1.80. The van der Waals surface area contributed by atoms with E-state index < -0.39 is 0 Å². The molecule has 0 spiro atoms. The van der Waals surface area contributed by atoms with E-state index in [0.29, 0.717) is 0 Å². The van der Waals surface area contributed by atoms with Crippen LogP contribution in [0.1, 0.15) is 47.7 Å². The summed E-state index contributed by atoms with van der Waals surface area (Å²) in [5, 5.41) is 0. The summed E-state index contributed by atoms with van der Waals surface area (Å²) in [6.07, 6.45) is 0.918. The fourth-order valence-electron chi connectivity index (χ4n) is 2.26. The first-order valence-electron chi connectivity index (χ1n) is 7.02. The van der Waals surface area contributed by atoms with E-state index in [2.05, 4.69) is 69.5 Å². The Morgan fingerprint density at radius 1 is 1.10 bits per heavy atom. The standard InChI is InChI=1S/C17H24N2S/c1-12-5-10-16(20-12)15(19-18)11-13-6-8-14(9-7-13)17(2,3)4/h5-10,15,19H,11,18H2,1-4H3. The molecule has 1 aromatic heterocycles. The summed E-state index contributed by atoms with van der Waals surface area (Å²) < 4.78 is 0. The highest BCUT2D eigenvalue weighted by molar-refractivity contribution is 7.12. The highest BCUT2D eigenvalue weighted by Crippen LogP contribution is 2.27. The molecule has 20 heavy (non-hydrogen) atoms. The van der Waals surface area contributed by atoms with Gasteiger partial charge in [-0.15, -0.1) is 11.3 Å². The molecule has 1 aromatic carbocycles. The molecule has 1 unspecified atom stereocenters. The van der Waals surface area contributed by atoms with E-state index >= 15 is 0 Å². The van der Waals surface area contributed by atoms with Crippen LogP contribution in [0.5, 0.6) is 0 Å². The summed E-state index contributed by atoms with van der Waals surface area (Å²) in [6.45, 7) is 8.84. The minimum Gasteiger partial charge on any atom is -0.271 e. The Bertz CT molecular complexity index is 549. The van der Waals surface area contributed by atoms with E-state index in [1.165, 1.54) is 20.9 Å². The smallest absolute Gasteiger partial charge is 0.0593 e. The molecule has 0 saturated carbocycles. The molecule has 0 aliphatic rings. The zero-order valence-electron chi connectivity index (χ0n) is 12.7. The lowest BCUT2D eigenvalue weighted by Crippen LogP contribution is -2.29. The van der Waals surface area contributed by atoms with Crippen LogP contribution < -0.4 is 11.3 Å². The van der Waals surface area contributed by atoms with Gasteiger partial charge in [-0.25, -0.2) is 0 Å². The first-order chi connectivity index (χ1) is 9.40. The first-order valence-corrected chi connectivity index (χ1v) is 7.83. The lowest BCUT2D eigenvalue weighted by atomic mass is 9.86. The molecule has 0 saturated heterocycles. The fraction of sp³-hybridized carbons (Fsp3) is 0.412. The molecule has 2 aromatic rings. The monoisotopic (exact) mass is 288 g/mol. The average molecular weight is 288 g/mol. The van der Waals surface area contributed by atoms with E-state index in [0.717, 1.165) is 6.42 Å². The van der Waals surface area contributed by atoms with Crippen LogP contribution in [0.15, 0.2) is 36.4 Å². The third-order valence-corrected chi connectivity index (χ3v) is 4.68. The van der Waals surface area contributed by atoms with Crippen molar-refractivity contribution in [2.75, 3.05) is 0 Å². The van der Waals surface area contributed by atoms with E-state index in [4.69, 9.17) is 5.84 Å². The quantitative estimate of drug-likeness (QED) is 0.656. The van der Waals surface area contributed by atoms with Crippen LogP contribution in [0, 0.1) is 6.92 Å². The molecule has 0 aliphatic heterocycles. The zero-order valence-corrected chi connectivity index (χ0v) is 13.6. The minimum absolute atomic E-state index is 0.189. The van der Waals surface area contributed by atoms with Gasteiger partial charge in [0.25, 0.3) is 0 Å². The molecule has 2 nitrogen and oxygen atoms in total. The predicted octanol–water partition coefficient (Wildman–Crippen LogP) is 4.10. The first kappa shape index (κ1) is 15.2. The van der Waals surface area contributed by atoms with Gasteiger partial charge in [-0.3, -0.25) is 11.3 Å². The molecule has 3 N–H and O–H groups in total. The number of thiophene rings is 1. The lowest BCUT2D eigenvalue weighted by molar-refractivity contribution is 0.559. The van der Waals surface area contributed by atoms with Crippen molar-refractivity contribution in [3.63, 3.8) is 0 Å². The summed E-state index contributed by atoms with van der Waals surface area (Å²) in [5.74, 6) is 5.72. The van der Waals surface area contributed by atoms with Gasteiger partial charge in [0.2, 0.25) is 0 Å². The Morgan fingerprint density at radius 3 is 2.20 bits per heavy atom. The number of hydrazine groups is 1. The molecular weight excluding hydrogens is 264 g/mol. The zero-order chi connectivity index (χ0) is 14.8. The Balaban J connectivity index is 2.12. The Hall–Kier alpha value is -1.16. The van der Waals surface area contributed by atoms with Crippen LogP contribution in [-0.4, -0.2) is 0 Å². The van der Waals surface area contributed by atoms with Crippen LogP contribution in [0.3, 0.4) is 0 Å². The van der Waals surface area contributed by atoms with E-state index in [9.17, 15) is 0 Å². The Kier molecular flexibility index (Phi) is 4.63. The SMILES string of the molecule is Cc1ccc(C(Cc2ccc(C(C)(C)C)cc2)NN)s1. The van der Waals surface area contributed by atoms with Gasteiger partial charge >= 0.3 is 0 Å². The van der Waals surface area contributed by atoms with E-state index in [-0.39, 0.29) is 11.5 Å². The highest BCUT2D eigenvalue weighted by atomic mass is 32.1. The number of benzene rings is 1. The highest BCUT2D eigenvalue weighted by Gasteiger charge is 2.15. The van der Waals surface area contributed by atoms with Gasteiger partial charge in [-0.1, -0.05) is 45.0 Å². The number of rotatable bonds is 4. The Morgan fingerprint density at radius 2 is 1.75 bits per heavy atom. The maximum absolute atomic E-state index is 5.72. The third-order valence-electron chi connectivity index (χ3n) is 3.57. The second kappa shape index (κ2) is 6.08. The molecule has 0 aliphatic carbocycles. The second-order valence-electron chi connectivity index (χ2n) is 6.32. The molecule has 1 heterocycles. The van der Waals surface area contributed by atoms with Crippen LogP contribution in [0.25, 0.3) is 0 Å². The van der Waals surface area contributed by atoms with Crippen LogP contribution in [-0.2, 0) is 11.8 Å². The average Bonchev–Trinajstić information content (AvgIpc) is 2.82.